The predicted octanol–water partition coefficient (Wildman–Crippen LogP) is 3.67. The predicted molar refractivity (Wildman–Crippen MR) is 82.1 cm³/mol. The van der Waals surface area contributed by atoms with Gasteiger partial charge in [0, 0.05) is 0 Å². The minimum absolute atomic E-state index is 0.218. The van der Waals surface area contributed by atoms with E-state index in [1.807, 2.05) is 40.9 Å². The molecular formula is C13H24N2O3S. The summed E-state index contributed by atoms with van der Waals surface area (Å²) in [7, 11) is 0. The van der Waals surface area contributed by atoms with E-state index in [2.05, 4.69) is 16.8 Å². The standard InChI is InChI=1S/C9H12N2O3S.2C2H6/c1-4-6(13-5-2)7(15-3)8-10-11-9(12)14-8;2*1-2/h4H,1,5H2,2-3H3,(H,11,12);2*1-2H3/b7-6+;;. The number of aromatic amines is 1. The summed E-state index contributed by atoms with van der Waals surface area (Å²) in [5.74, 6) is 0.188. The fourth-order valence-corrected chi connectivity index (χ4v) is 1.60. The lowest BCUT2D eigenvalue weighted by Gasteiger charge is -2.06. The first-order chi connectivity index (χ1) is 9.22. The Bertz CT molecular complexity index is 422. The Morgan fingerprint density at radius 1 is 1.47 bits per heavy atom. The molecule has 0 aromatic carbocycles. The lowest BCUT2D eigenvalue weighted by molar-refractivity contribution is 0.245. The zero-order valence-electron chi connectivity index (χ0n) is 12.6. The molecule has 0 amide bonds. The van der Waals surface area contributed by atoms with Crippen molar-refractivity contribution in [3.05, 3.63) is 34.9 Å². The van der Waals surface area contributed by atoms with Crippen LogP contribution in [0.15, 0.2) is 27.6 Å². The molecule has 0 bridgehead atoms. The van der Waals surface area contributed by atoms with Gasteiger partial charge in [0.2, 0.25) is 0 Å². The molecule has 1 rings (SSSR count). The van der Waals surface area contributed by atoms with Gasteiger partial charge in [-0.25, -0.2) is 9.89 Å². The van der Waals surface area contributed by atoms with Crippen molar-refractivity contribution in [1.82, 2.24) is 10.2 Å². The third kappa shape index (κ3) is 6.91. The second-order valence-corrected chi connectivity index (χ2v) is 3.27. The summed E-state index contributed by atoms with van der Waals surface area (Å²) in [6, 6.07) is 0. The van der Waals surface area contributed by atoms with Crippen molar-refractivity contribution in [3.8, 4) is 0 Å². The van der Waals surface area contributed by atoms with Crippen LogP contribution in [-0.2, 0) is 4.74 Å². The van der Waals surface area contributed by atoms with E-state index in [-0.39, 0.29) is 5.89 Å². The van der Waals surface area contributed by atoms with E-state index in [9.17, 15) is 4.79 Å². The summed E-state index contributed by atoms with van der Waals surface area (Å²) in [4.78, 5) is 11.4. The maximum absolute atomic E-state index is 10.8. The number of hydrogen-bond donors (Lipinski definition) is 1. The Labute approximate surface area is 119 Å². The number of aromatic nitrogens is 2. The van der Waals surface area contributed by atoms with Gasteiger partial charge in [-0.2, -0.15) is 0 Å². The van der Waals surface area contributed by atoms with Gasteiger partial charge < -0.3 is 9.15 Å². The zero-order chi connectivity index (χ0) is 15.3. The number of H-pyrrole nitrogens is 1. The van der Waals surface area contributed by atoms with Crippen LogP contribution in [0.2, 0.25) is 0 Å². The number of ether oxygens (including phenoxy) is 1. The molecule has 5 nitrogen and oxygen atoms in total. The molecule has 0 atom stereocenters. The monoisotopic (exact) mass is 288 g/mol. The maximum Gasteiger partial charge on any atom is 0.434 e. The van der Waals surface area contributed by atoms with Gasteiger partial charge in [-0.05, 0) is 19.3 Å². The normalized spacial score (nSPS) is 10.2. The van der Waals surface area contributed by atoms with Crippen LogP contribution < -0.4 is 5.76 Å². The van der Waals surface area contributed by atoms with Gasteiger partial charge >= 0.3 is 5.76 Å². The van der Waals surface area contributed by atoms with Crippen molar-refractivity contribution in [3.63, 3.8) is 0 Å². The van der Waals surface area contributed by atoms with Crippen molar-refractivity contribution in [2.75, 3.05) is 12.9 Å². The van der Waals surface area contributed by atoms with Gasteiger partial charge in [0.15, 0.2) is 0 Å². The number of thioether (sulfide) groups is 1. The van der Waals surface area contributed by atoms with Gasteiger partial charge in [0.1, 0.15) is 10.7 Å². The molecule has 1 N–H and O–H groups in total. The molecule has 1 aromatic heterocycles. The average molecular weight is 288 g/mol. The Morgan fingerprint density at radius 2 is 2.05 bits per heavy atom. The Kier molecular flexibility index (Phi) is 13.6. The number of nitrogens with one attached hydrogen (secondary N) is 1. The van der Waals surface area contributed by atoms with E-state index in [0.717, 1.165) is 0 Å². The van der Waals surface area contributed by atoms with E-state index in [1.54, 1.807) is 6.08 Å². The number of nitrogens with zero attached hydrogens (tertiary/aromatic N) is 1. The lowest BCUT2D eigenvalue weighted by Crippen LogP contribution is -1.94. The lowest BCUT2D eigenvalue weighted by atomic mass is 10.4. The summed E-state index contributed by atoms with van der Waals surface area (Å²) < 4.78 is 10.2. The van der Waals surface area contributed by atoms with Crippen LogP contribution in [0.4, 0.5) is 0 Å². The Hall–Kier alpha value is -1.43. The zero-order valence-corrected chi connectivity index (χ0v) is 13.4. The van der Waals surface area contributed by atoms with Gasteiger partial charge in [-0.1, -0.05) is 34.3 Å². The first-order valence-electron chi connectivity index (χ1n) is 6.32. The highest BCUT2D eigenvalue weighted by Crippen LogP contribution is 2.27. The van der Waals surface area contributed by atoms with E-state index >= 15 is 0 Å². The molecule has 110 valence electrons. The summed E-state index contributed by atoms with van der Waals surface area (Å²) >= 11 is 1.38. The van der Waals surface area contributed by atoms with Crippen LogP contribution in [0.1, 0.15) is 40.5 Å². The number of rotatable bonds is 5. The molecule has 0 saturated carbocycles. The molecule has 0 fully saturated rings. The highest BCUT2D eigenvalue weighted by Gasteiger charge is 2.13. The molecular weight excluding hydrogens is 264 g/mol. The molecule has 1 heterocycles. The van der Waals surface area contributed by atoms with Crippen LogP contribution in [0.3, 0.4) is 0 Å². The maximum atomic E-state index is 10.8. The number of hydrogen-bond acceptors (Lipinski definition) is 5. The molecule has 6 heteroatoms. The summed E-state index contributed by atoms with van der Waals surface area (Å²) in [6.45, 7) is 14.0. The molecule has 19 heavy (non-hydrogen) atoms. The first-order valence-corrected chi connectivity index (χ1v) is 7.54. The first kappa shape index (κ1) is 19.9. The molecule has 0 aliphatic heterocycles. The quantitative estimate of drug-likeness (QED) is 0.661. The summed E-state index contributed by atoms with van der Waals surface area (Å²) in [5, 5.41) is 5.92. The van der Waals surface area contributed by atoms with Crippen molar-refractivity contribution in [2.45, 2.75) is 34.6 Å². The molecule has 0 aliphatic rings. The highest BCUT2D eigenvalue weighted by atomic mass is 32.2. The fraction of sp³-hybridized carbons (Fsp3) is 0.538. The summed E-state index contributed by atoms with van der Waals surface area (Å²) in [5.41, 5.74) is 0. The minimum Gasteiger partial charge on any atom is -0.493 e. The molecule has 0 saturated heterocycles. The fourth-order valence-electron chi connectivity index (χ4n) is 0.993. The smallest absolute Gasteiger partial charge is 0.434 e. The molecule has 0 aliphatic carbocycles. The molecule has 1 aromatic rings. The third-order valence-corrected chi connectivity index (χ3v) is 2.33. The van der Waals surface area contributed by atoms with Crippen LogP contribution in [0.25, 0.3) is 4.91 Å². The SMILES string of the molecule is C=C/C(OCC)=C(\SC)c1n[nH]c(=O)o1.CC.CC. The summed E-state index contributed by atoms with van der Waals surface area (Å²) in [6.07, 6.45) is 3.40. The van der Waals surface area contributed by atoms with Gasteiger partial charge in [-0.15, -0.1) is 16.9 Å². The van der Waals surface area contributed by atoms with Crippen LogP contribution in [-0.4, -0.2) is 23.1 Å². The van der Waals surface area contributed by atoms with Gasteiger partial charge in [0.25, 0.3) is 5.89 Å². The van der Waals surface area contributed by atoms with Crippen molar-refractivity contribution in [2.24, 2.45) is 0 Å². The molecule has 0 radical (unpaired) electrons. The minimum atomic E-state index is -0.587. The largest absolute Gasteiger partial charge is 0.493 e. The van der Waals surface area contributed by atoms with Gasteiger partial charge in [0.05, 0.1) is 6.61 Å². The second kappa shape index (κ2) is 13.0. The highest BCUT2D eigenvalue weighted by molar-refractivity contribution is 8.07. The van der Waals surface area contributed by atoms with E-state index in [0.29, 0.717) is 17.3 Å². The third-order valence-electron chi connectivity index (χ3n) is 1.55. The van der Waals surface area contributed by atoms with Crippen molar-refractivity contribution in [1.29, 1.82) is 0 Å². The van der Waals surface area contributed by atoms with E-state index < -0.39 is 5.76 Å². The van der Waals surface area contributed by atoms with Gasteiger partial charge in [-0.3, -0.25) is 0 Å². The van der Waals surface area contributed by atoms with E-state index in [4.69, 9.17) is 9.15 Å². The molecule has 0 unspecified atom stereocenters. The Balaban J connectivity index is 0. The topological polar surface area (TPSA) is 68.1 Å². The second-order valence-electron chi connectivity index (χ2n) is 2.45. The van der Waals surface area contributed by atoms with Crippen LogP contribution >= 0.6 is 11.8 Å². The molecule has 0 spiro atoms. The van der Waals surface area contributed by atoms with E-state index in [1.165, 1.54) is 11.8 Å². The van der Waals surface area contributed by atoms with Crippen LogP contribution in [0, 0.1) is 0 Å². The Morgan fingerprint density at radius 3 is 2.37 bits per heavy atom. The van der Waals surface area contributed by atoms with Crippen molar-refractivity contribution < 1.29 is 9.15 Å². The van der Waals surface area contributed by atoms with Crippen LogP contribution in [0.5, 0.6) is 0 Å². The average Bonchev–Trinajstić information content (AvgIpc) is 2.89. The van der Waals surface area contributed by atoms with Crippen molar-refractivity contribution >= 4 is 16.7 Å². The number of allylic oxidation sites excluding steroid dienone is 1.